The van der Waals surface area contributed by atoms with Gasteiger partial charge in [-0.15, -0.1) is 0 Å². The summed E-state index contributed by atoms with van der Waals surface area (Å²) in [4.78, 5) is 0. The standard InChI is InChI=1S/C15H24BrNO2/c1-5-15(3,19-6-2)14(17)10-11-7-8-13(18-4)12(16)9-11/h7-9,14H,5-6,10,17H2,1-4H3. The first-order valence-corrected chi connectivity index (χ1v) is 7.48. The smallest absolute Gasteiger partial charge is 0.133 e. The predicted molar refractivity (Wildman–Crippen MR) is 82.7 cm³/mol. The van der Waals surface area contributed by atoms with Crippen molar-refractivity contribution in [2.75, 3.05) is 13.7 Å². The fraction of sp³-hybridized carbons (Fsp3) is 0.600. The second-order valence-electron chi connectivity index (χ2n) is 4.88. The summed E-state index contributed by atoms with van der Waals surface area (Å²) in [5.41, 5.74) is 7.23. The van der Waals surface area contributed by atoms with Crippen LogP contribution in [0.3, 0.4) is 0 Å². The Morgan fingerprint density at radius 3 is 2.53 bits per heavy atom. The van der Waals surface area contributed by atoms with Crippen LogP contribution in [0.25, 0.3) is 0 Å². The monoisotopic (exact) mass is 329 g/mol. The van der Waals surface area contributed by atoms with Gasteiger partial charge in [0.05, 0.1) is 17.2 Å². The molecule has 0 saturated heterocycles. The Balaban J connectivity index is 2.81. The Morgan fingerprint density at radius 1 is 1.37 bits per heavy atom. The van der Waals surface area contributed by atoms with Gasteiger partial charge in [-0.1, -0.05) is 13.0 Å². The lowest BCUT2D eigenvalue weighted by atomic mass is 9.89. The molecule has 1 rings (SSSR count). The summed E-state index contributed by atoms with van der Waals surface area (Å²) in [6.45, 7) is 6.88. The van der Waals surface area contributed by atoms with E-state index >= 15 is 0 Å². The molecule has 0 fully saturated rings. The molecular weight excluding hydrogens is 306 g/mol. The number of ether oxygens (including phenoxy) is 2. The molecule has 0 aromatic heterocycles. The van der Waals surface area contributed by atoms with Crippen LogP contribution in [0.5, 0.6) is 5.75 Å². The number of hydrogen-bond donors (Lipinski definition) is 1. The molecule has 0 spiro atoms. The summed E-state index contributed by atoms with van der Waals surface area (Å²) >= 11 is 3.50. The molecule has 0 saturated carbocycles. The normalized spacial score (nSPS) is 15.9. The number of halogens is 1. The van der Waals surface area contributed by atoms with Crippen molar-refractivity contribution in [2.24, 2.45) is 5.73 Å². The maximum Gasteiger partial charge on any atom is 0.133 e. The van der Waals surface area contributed by atoms with E-state index in [4.69, 9.17) is 15.2 Å². The van der Waals surface area contributed by atoms with Gasteiger partial charge in [0.15, 0.2) is 0 Å². The molecule has 2 N–H and O–H groups in total. The average molecular weight is 330 g/mol. The molecule has 1 aromatic rings. The molecule has 1 aromatic carbocycles. The van der Waals surface area contributed by atoms with Crippen LogP contribution in [0.1, 0.15) is 32.8 Å². The second kappa shape index (κ2) is 7.27. The average Bonchev–Trinajstić information content (AvgIpc) is 2.39. The summed E-state index contributed by atoms with van der Waals surface area (Å²) < 4.78 is 12.0. The van der Waals surface area contributed by atoms with Crippen LogP contribution < -0.4 is 10.5 Å². The van der Waals surface area contributed by atoms with Crippen LogP contribution >= 0.6 is 15.9 Å². The lowest BCUT2D eigenvalue weighted by Gasteiger charge is -2.34. The van der Waals surface area contributed by atoms with Crippen molar-refractivity contribution in [1.29, 1.82) is 0 Å². The number of benzene rings is 1. The number of nitrogens with two attached hydrogens (primary N) is 1. The summed E-state index contributed by atoms with van der Waals surface area (Å²) in [6.07, 6.45) is 1.69. The van der Waals surface area contributed by atoms with Gasteiger partial charge in [-0.05, 0) is 60.3 Å². The Morgan fingerprint density at radius 2 is 2.05 bits per heavy atom. The van der Waals surface area contributed by atoms with Gasteiger partial charge < -0.3 is 15.2 Å². The first kappa shape index (κ1) is 16.5. The Bertz CT molecular complexity index is 411. The van der Waals surface area contributed by atoms with Gasteiger partial charge in [0.2, 0.25) is 0 Å². The number of rotatable bonds is 7. The highest BCUT2D eigenvalue weighted by Crippen LogP contribution is 2.28. The topological polar surface area (TPSA) is 44.5 Å². The number of hydrogen-bond acceptors (Lipinski definition) is 3. The Hall–Kier alpha value is -0.580. The molecule has 0 aliphatic heterocycles. The SMILES string of the molecule is CCOC(C)(CC)C(N)Cc1ccc(OC)c(Br)c1. The molecule has 19 heavy (non-hydrogen) atoms. The van der Waals surface area contributed by atoms with Crippen LogP contribution in [0.4, 0.5) is 0 Å². The van der Waals surface area contributed by atoms with Gasteiger partial charge in [0.1, 0.15) is 5.75 Å². The highest BCUT2D eigenvalue weighted by molar-refractivity contribution is 9.10. The molecule has 0 radical (unpaired) electrons. The maximum absolute atomic E-state index is 6.33. The second-order valence-corrected chi connectivity index (χ2v) is 5.73. The first-order valence-electron chi connectivity index (χ1n) is 6.68. The Kier molecular flexibility index (Phi) is 6.30. The third-order valence-corrected chi connectivity index (χ3v) is 4.25. The molecule has 4 heteroatoms. The molecule has 108 valence electrons. The van der Waals surface area contributed by atoms with Crippen molar-refractivity contribution in [2.45, 2.75) is 45.3 Å². The molecule has 3 nitrogen and oxygen atoms in total. The van der Waals surface area contributed by atoms with Crippen LogP contribution in [0, 0.1) is 0 Å². The zero-order valence-corrected chi connectivity index (χ0v) is 13.8. The zero-order valence-electron chi connectivity index (χ0n) is 12.2. The van der Waals surface area contributed by atoms with Gasteiger partial charge in [-0.3, -0.25) is 0 Å². The fourth-order valence-electron chi connectivity index (χ4n) is 2.11. The van der Waals surface area contributed by atoms with Crippen LogP contribution in [-0.4, -0.2) is 25.4 Å². The highest BCUT2D eigenvalue weighted by Gasteiger charge is 2.30. The van der Waals surface area contributed by atoms with E-state index in [1.54, 1.807) is 7.11 Å². The molecule has 0 aliphatic rings. The quantitative estimate of drug-likeness (QED) is 0.832. The minimum absolute atomic E-state index is 0.0299. The molecule has 0 heterocycles. The van der Waals surface area contributed by atoms with Crippen molar-refractivity contribution in [3.8, 4) is 5.75 Å². The van der Waals surface area contributed by atoms with Crippen LogP contribution in [-0.2, 0) is 11.2 Å². The third kappa shape index (κ3) is 4.20. The van der Waals surface area contributed by atoms with Crippen LogP contribution in [0.2, 0.25) is 0 Å². The van der Waals surface area contributed by atoms with Gasteiger partial charge in [-0.2, -0.15) is 0 Å². The Labute approximate surface area is 124 Å². The molecule has 2 unspecified atom stereocenters. The van der Waals surface area contributed by atoms with Gasteiger partial charge in [-0.25, -0.2) is 0 Å². The van der Waals surface area contributed by atoms with E-state index in [0.717, 1.165) is 23.1 Å². The van der Waals surface area contributed by atoms with E-state index in [0.29, 0.717) is 6.61 Å². The van der Waals surface area contributed by atoms with Gasteiger partial charge in [0, 0.05) is 12.6 Å². The highest BCUT2D eigenvalue weighted by atomic mass is 79.9. The summed E-state index contributed by atoms with van der Waals surface area (Å²) in [5, 5.41) is 0. The molecule has 0 aliphatic carbocycles. The predicted octanol–water partition coefficient (Wildman–Crippen LogP) is 3.53. The van der Waals surface area contributed by atoms with Crippen molar-refractivity contribution in [3.63, 3.8) is 0 Å². The van der Waals surface area contributed by atoms with Crippen molar-refractivity contribution >= 4 is 15.9 Å². The zero-order chi connectivity index (χ0) is 14.5. The summed E-state index contributed by atoms with van der Waals surface area (Å²) in [5.74, 6) is 0.834. The number of methoxy groups -OCH3 is 1. The lowest BCUT2D eigenvalue weighted by molar-refractivity contribution is -0.0461. The molecular formula is C15H24BrNO2. The van der Waals surface area contributed by atoms with Gasteiger partial charge in [0.25, 0.3) is 0 Å². The van der Waals surface area contributed by atoms with E-state index in [1.807, 2.05) is 19.1 Å². The minimum atomic E-state index is -0.277. The van der Waals surface area contributed by atoms with E-state index in [-0.39, 0.29) is 11.6 Å². The van der Waals surface area contributed by atoms with E-state index in [2.05, 4.69) is 35.8 Å². The fourth-order valence-corrected chi connectivity index (χ4v) is 2.70. The van der Waals surface area contributed by atoms with E-state index < -0.39 is 0 Å². The van der Waals surface area contributed by atoms with Crippen LogP contribution in [0.15, 0.2) is 22.7 Å². The van der Waals surface area contributed by atoms with Gasteiger partial charge >= 0.3 is 0 Å². The van der Waals surface area contributed by atoms with E-state index in [1.165, 1.54) is 5.56 Å². The molecule has 2 atom stereocenters. The van der Waals surface area contributed by atoms with Crippen molar-refractivity contribution in [3.05, 3.63) is 28.2 Å². The first-order chi connectivity index (χ1) is 8.96. The summed E-state index contributed by atoms with van der Waals surface area (Å²) in [6, 6.07) is 6.03. The minimum Gasteiger partial charge on any atom is -0.496 e. The largest absolute Gasteiger partial charge is 0.496 e. The molecule has 0 bridgehead atoms. The van der Waals surface area contributed by atoms with Crippen molar-refractivity contribution in [1.82, 2.24) is 0 Å². The third-order valence-electron chi connectivity index (χ3n) is 3.63. The maximum atomic E-state index is 6.33. The molecule has 0 amide bonds. The summed E-state index contributed by atoms with van der Waals surface area (Å²) in [7, 11) is 1.66. The van der Waals surface area contributed by atoms with Crippen molar-refractivity contribution < 1.29 is 9.47 Å². The lowest BCUT2D eigenvalue weighted by Crippen LogP contribution is -2.48. The van der Waals surface area contributed by atoms with E-state index in [9.17, 15) is 0 Å².